The summed E-state index contributed by atoms with van der Waals surface area (Å²) in [6.45, 7) is 0. The van der Waals surface area contributed by atoms with Gasteiger partial charge in [0.1, 0.15) is 0 Å². The molecule has 2 saturated heterocycles. The Morgan fingerprint density at radius 2 is 1.46 bits per heavy atom. The Hall–Kier alpha value is -1.19. The minimum atomic E-state index is -3.08. The molecule has 0 aliphatic carbocycles. The van der Waals surface area contributed by atoms with Crippen LogP contribution in [0.3, 0.4) is 0 Å². The fourth-order valence-electron chi connectivity index (χ4n) is 3.33. The van der Waals surface area contributed by atoms with E-state index < -0.39 is 19.7 Å². The van der Waals surface area contributed by atoms with Gasteiger partial charge in [-0.05, 0) is 37.2 Å². The fourth-order valence-corrected chi connectivity index (χ4v) is 7.17. The van der Waals surface area contributed by atoms with Crippen LogP contribution in [0.4, 0.5) is 5.69 Å². The standard InChI is InChI=1S/C15H20N2O4S3/c18-23(19)8-6-13(10-23)17(14-7-9-24(20,21)11-14)15(22)16-12-4-2-1-3-5-12/h1-5,13-14H,6-11H2,(H,16,22)/t13-,14+. The average molecular weight is 389 g/mol. The van der Waals surface area contributed by atoms with Crippen LogP contribution in [0.1, 0.15) is 12.8 Å². The molecule has 0 bridgehead atoms. The molecule has 24 heavy (non-hydrogen) atoms. The predicted octanol–water partition coefficient (Wildman–Crippen LogP) is 1.06. The van der Waals surface area contributed by atoms with E-state index in [-0.39, 0.29) is 35.1 Å². The number of para-hydroxylation sites is 1. The topological polar surface area (TPSA) is 83.6 Å². The van der Waals surface area contributed by atoms with Crippen molar-refractivity contribution in [2.75, 3.05) is 28.3 Å². The number of rotatable bonds is 3. The Morgan fingerprint density at radius 3 is 1.88 bits per heavy atom. The second kappa shape index (κ2) is 6.61. The van der Waals surface area contributed by atoms with Crippen molar-refractivity contribution in [3.8, 4) is 0 Å². The van der Waals surface area contributed by atoms with Crippen molar-refractivity contribution in [3.63, 3.8) is 0 Å². The molecule has 2 aliphatic heterocycles. The Kier molecular flexibility index (Phi) is 4.85. The van der Waals surface area contributed by atoms with E-state index >= 15 is 0 Å². The summed E-state index contributed by atoms with van der Waals surface area (Å²) >= 11 is 5.51. The highest BCUT2D eigenvalue weighted by atomic mass is 32.2. The lowest BCUT2D eigenvalue weighted by atomic mass is 10.1. The van der Waals surface area contributed by atoms with Crippen LogP contribution in [0.2, 0.25) is 0 Å². The summed E-state index contributed by atoms with van der Waals surface area (Å²) < 4.78 is 47.4. The molecule has 0 unspecified atom stereocenters. The molecular weight excluding hydrogens is 368 g/mol. The third kappa shape index (κ3) is 4.07. The van der Waals surface area contributed by atoms with Gasteiger partial charge < -0.3 is 10.2 Å². The van der Waals surface area contributed by atoms with Gasteiger partial charge in [0.15, 0.2) is 24.8 Å². The van der Waals surface area contributed by atoms with Gasteiger partial charge in [-0.2, -0.15) is 0 Å². The Balaban J connectivity index is 1.83. The number of thiocarbonyl (C=S) groups is 1. The summed E-state index contributed by atoms with van der Waals surface area (Å²) in [5.74, 6) is 0.309. The quantitative estimate of drug-likeness (QED) is 0.775. The van der Waals surface area contributed by atoms with Crippen molar-refractivity contribution in [2.24, 2.45) is 0 Å². The SMILES string of the molecule is O=S1(=O)CC[C@@H](N(C(=S)Nc2ccccc2)[C@H]2CCS(=O)(=O)C2)C1. The molecule has 132 valence electrons. The van der Waals surface area contributed by atoms with Gasteiger partial charge in [0.2, 0.25) is 0 Å². The van der Waals surface area contributed by atoms with Crippen molar-refractivity contribution in [1.29, 1.82) is 0 Å². The lowest BCUT2D eigenvalue weighted by Crippen LogP contribution is -2.50. The van der Waals surface area contributed by atoms with Gasteiger partial charge in [0.25, 0.3) is 0 Å². The first-order chi connectivity index (χ1) is 11.3. The number of hydrogen-bond donors (Lipinski definition) is 1. The maximum atomic E-state index is 11.9. The Morgan fingerprint density at radius 1 is 0.958 bits per heavy atom. The maximum Gasteiger partial charge on any atom is 0.173 e. The van der Waals surface area contributed by atoms with E-state index in [1.807, 2.05) is 35.2 Å². The van der Waals surface area contributed by atoms with E-state index in [1.54, 1.807) is 0 Å². The highest BCUT2D eigenvalue weighted by Gasteiger charge is 2.41. The molecule has 6 nitrogen and oxygen atoms in total. The minimum absolute atomic E-state index is 0.0279. The highest BCUT2D eigenvalue weighted by Crippen LogP contribution is 2.26. The zero-order valence-electron chi connectivity index (χ0n) is 13.1. The third-order valence-corrected chi connectivity index (χ3v) is 8.28. The largest absolute Gasteiger partial charge is 0.341 e. The van der Waals surface area contributed by atoms with E-state index in [0.717, 1.165) is 5.69 Å². The number of anilines is 1. The fraction of sp³-hybridized carbons (Fsp3) is 0.533. The number of nitrogens with one attached hydrogen (secondary N) is 1. The molecule has 2 heterocycles. The van der Waals surface area contributed by atoms with Crippen LogP contribution < -0.4 is 5.32 Å². The molecule has 0 radical (unpaired) electrons. The molecule has 1 N–H and O–H groups in total. The highest BCUT2D eigenvalue weighted by molar-refractivity contribution is 7.92. The first kappa shape index (κ1) is 17.6. The van der Waals surface area contributed by atoms with Crippen LogP contribution in [0, 0.1) is 0 Å². The molecular formula is C15H20N2O4S3. The summed E-state index contributed by atoms with van der Waals surface area (Å²) in [7, 11) is -6.17. The minimum Gasteiger partial charge on any atom is -0.341 e. The molecule has 3 rings (SSSR count). The molecule has 0 spiro atoms. The molecule has 1 aromatic carbocycles. The van der Waals surface area contributed by atoms with Crippen molar-refractivity contribution >= 4 is 42.7 Å². The second-order valence-electron chi connectivity index (χ2n) is 6.32. The maximum absolute atomic E-state index is 11.9. The zero-order valence-corrected chi connectivity index (χ0v) is 15.5. The predicted molar refractivity (Wildman–Crippen MR) is 98.6 cm³/mol. The van der Waals surface area contributed by atoms with E-state index in [2.05, 4.69) is 5.32 Å². The van der Waals surface area contributed by atoms with Crippen LogP contribution >= 0.6 is 12.2 Å². The summed E-state index contributed by atoms with van der Waals surface area (Å²) in [4.78, 5) is 1.82. The van der Waals surface area contributed by atoms with Gasteiger partial charge in [-0.15, -0.1) is 0 Å². The number of benzene rings is 1. The van der Waals surface area contributed by atoms with Gasteiger partial charge in [-0.25, -0.2) is 16.8 Å². The van der Waals surface area contributed by atoms with Crippen molar-refractivity contribution in [1.82, 2.24) is 4.90 Å². The van der Waals surface area contributed by atoms with Crippen molar-refractivity contribution in [2.45, 2.75) is 24.9 Å². The Labute approximate surface area is 148 Å². The van der Waals surface area contributed by atoms with Gasteiger partial charge in [0, 0.05) is 17.8 Å². The molecule has 2 fully saturated rings. The molecule has 2 atom stereocenters. The summed E-state index contributed by atoms with van der Waals surface area (Å²) in [6.07, 6.45) is 0.963. The van der Waals surface area contributed by atoms with Gasteiger partial charge in [-0.3, -0.25) is 0 Å². The molecule has 0 saturated carbocycles. The van der Waals surface area contributed by atoms with E-state index in [0.29, 0.717) is 18.0 Å². The Bertz CT molecular complexity index is 778. The summed E-state index contributed by atoms with van der Waals surface area (Å²) in [5.41, 5.74) is 0.800. The van der Waals surface area contributed by atoms with Crippen molar-refractivity contribution in [3.05, 3.63) is 30.3 Å². The monoisotopic (exact) mass is 388 g/mol. The molecule has 9 heteroatoms. The summed E-state index contributed by atoms with van der Waals surface area (Å²) in [6, 6.07) is 8.82. The molecule has 0 aromatic heterocycles. The average Bonchev–Trinajstić information content (AvgIpc) is 3.03. The molecule has 0 amide bonds. The third-order valence-electron chi connectivity index (χ3n) is 4.46. The lowest BCUT2D eigenvalue weighted by molar-refractivity contribution is 0.273. The van der Waals surface area contributed by atoms with Crippen LogP contribution in [0.25, 0.3) is 0 Å². The number of nitrogens with zero attached hydrogens (tertiary/aromatic N) is 1. The lowest BCUT2D eigenvalue weighted by Gasteiger charge is -2.35. The van der Waals surface area contributed by atoms with Crippen LogP contribution in [-0.2, 0) is 19.7 Å². The van der Waals surface area contributed by atoms with Crippen molar-refractivity contribution < 1.29 is 16.8 Å². The summed E-state index contributed by atoms with van der Waals surface area (Å²) in [5, 5.41) is 3.51. The van der Waals surface area contributed by atoms with Crippen LogP contribution in [0.15, 0.2) is 30.3 Å². The van der Waals surface area contributed by atoms with E-state index in [4.69, 9.17) is 12.2 Å². The number of sulfone groups is 2. The zero-order chi connectivity index (χ0) is 17.4. The van der Waals surface area contributed by atoms with Crippen LogP contribution in [-0.4, -0.2) is 61.9 Å². The normalized spacial score (nSPS) is 27.7. The molecule has 2 aliphatic rings. The van der Waals surface area contributed by atoms with E-state index in [9.17, 15) is 16.8 Å². The molecule has 1 aromatic rings. The van der Waals surface area contributed by atoms with Gasteiger partial charge >= 0.3 is 0 Å². The smallest absolute Gasteiger partial charge is 0.173 e. The van der Waals surface area contributed by atoms with Crippen LogP contribution in [0.5, 0.6) is 0 Å². The van der Waals surface area contributed by atoms with E-state index in [1.165, 1.54) is 0 Å². The second-order valence-corrected chi connectivity index (χ2v) is 11.2. The van der Waals surface area contributed by atoms with Gasteiger partial charge in [-0.1, -0.05) is 18.2 Å². The first-order valence-corrected chi connectivity index (χ1v) is 11.9. The van der Waals surface area contributed by atoms with Gasteiger partial charge in [0.05, 0.1) is 23.0 Å². The first-order valence-electron chi connectivity index (χ1n) is 7.81. The number of hydrogen-bond acceptors (Lipinski definition) is 5.